The molecule has 6 nitrogen and oxygen atoms in total. The van der Waals surface area contributed by atoms with E-state index < -0.39 is 5.97 Å². The first-order chi connectivity index (χ1) is 12.5. The van der Waals surface area contributed by atoms with Crippen molar-refractivity contribution in [2.45, 2.75) is 25.3 Å². The lowest BCUT2D eigenvalue weighted by Gasteiger charge is -2.12. The molecule has 0 aromatic heterocycles. The van der Waals surface area contributed by atoms with E-state index >= 15 is 0 Å². The molecule has 2 amide bonds. The van der Waals surface area contributed by atoms with Crippen molar-refractivity contribution in [1.82, 2.24) is 5.32 Å². The Morgan fingerprint density at radius 2 is 1.46 bits per heavy atom. The molecule has 1 aliphatic carbocycles. The number of carboxylic acids is 1. The Morgan fingerprint density at radius 3 is 2.04 bits per heavy atom. The second-order valence-electron chi connectivity index (χ2n) is 6.42. The molecule has 0 bridgehead atoms. The van der Waals surface area contributed by atoms with Gasteiger partial charge in [-0.25, -0.2) is 0 Å². The number of carboxylic acid groups (broad SMARTS) is 1. The Bertz CT molecular complexity index is 802. The van der Waals surface area contributed by atoms with E-state index in [0.717, 1.165) is 0 Å². The van der Waals surface area contributed by atoms with Crippen LogP contribution < -0.4 is 10.6 Å². The summed E-state index contributed by atoms with van der Waals surface area (Å²) >= 11 is 0. The van der Waals surface area contributed by atoms with Crippen molar-refractivity contribution < 1.29 is 19.5 Å². The maximum Gasteiger partial charge on any atom is 0.306 e. The normalized spacial score (nSPS) is 18.9. The average Bonchev–Trinajstić information content (AvgIpc) is 3.11. The second kappa shape index (κ2) is 7.82. The van der Waals surface area contributed by atoms with E-state index in [0.29, 0.717) is 36.1 Å². The van der Waals surface area contributed by atoms with Gasteiger partial charge in [0, 0.05) is 22.9 Å². The van der Waals surface area contributed by atoms with Gasteiger partial charge >= 0.3 is 5.97 Å². The molecule has 3 N–H and O–H groups in total. The predicted octanol–water partition coefficient (Wildman–Crippen LogP) is 2.92. The summed E-state index contributed by atoms with van der Waals surface area (Å²) in [5.41, 5.74) is 1.60. The van der Waals surface area contributed by atoms with Gasteiger partial charge in [0.15, 0.2) is 0 Å². The molecule has 1 saturated carbocycles. The van der Waals surface area contributed by atoms with Crippen LogP contribution in [0.3, 0.4) is 0 Å². The molecular weight excluding hydrogens is 332 g/mol. The summed E-state index contributed by atoms with van der Waals surface area (Å²) in [4.78, 5) is 35.5. The molecule has 6 heteroatoms. The van der Waals surface area contributed by atoms with Gasteiger partial charge in [-0.15, -0.1) is 0 Å². The third-order valence-corrected chi connectivity index (χ3v) is 4.56. The molecule has 0 aliphatic heterocycles. The molecule has 0 heterocycles. The molecule has 0 saturated heterocycles. The molecular formula is C20H20N2O4. The Kier molecular flexibility index (Phi) is 5.31. The van der Waals surface area contributed by atoms with Crippen molar-refractivity contribution in [1.29, 1.82) is 0 Å². The largest absolute Gasteiger partial charge is 0.481 e. The predicted molar refractivity (Wildman–Crippen MR) is 97.1 cm³/mol. The summed E-state index contributed by atoms with van der Waals surface area (Å²) in [6.07, 6.45) is 1.71. The van der Waals surface area contributed by atoms with Gasteiger partial charge < -0.3 is 15.7 Å². The van der Waals surface area contributed by atoms with Crippen LogP contribution in [0.2, 0.25) is 0 Å². The fourth-order valence-corrected chi connectivity index (χ4v) is 3.10. The summed E-state index contributed by atoms with van der Waals surface area (Å²) in [7, 11) is 0. The van der Waals surface area contributed by atoms with Crippen LogP contribution in [-0.2, 0) is 4.79 Å². The van der Waals surface area contributed by atoms with Crippen molar-refractivity contribution in [2.24, 2.45) is 5.92 Å². The van der Waals surface area contributed by atoms with Gasteiger partial charge in [0.1, 0.15) is 0 Å². The number of rotatable bonds is 5. The van der Waals surface area contributed by atoms with Crippen LogP contribution in [0.5, 0.6) is 0 Å². The highest BCUT2D eigenvalue weighted by Crippen LogP contribution is 2.25. The fourth-order valence-electron chi connectivity index (χ4n) is 3.10. The van der Waals surface area contributed by atoms with E-state index in [-0.39, 0.29) is 23.8 Å². The van der Waals surface area contributed by atoms with Crippen molar-refractivity contribution in [3.63, 3.8) is 0 Å². The number of amides is 2. The number of carbonyl (C=O) groups excluding carboxylic acids is 2. The van der Waals surface area contributed by atoms with Crippen molar-refractivity contribution >= 4 is 23.5 Å². The van der Waals surface area contributed by atoms with E-state index in [1.165, 1.54) is 0 Å². The first-order valence-electron chi connectivity index (χ1n) is 8.53. The second-order valence-corrected chi connectivity index (χ2v) is 6.42. The zero-order valence-corrected chi connectivity index (χ0v) is 14.1. The van der Waals surface area contributed by atoms with Crippen molar-refractivity contribution in [2.75, 3.05) is 5.32 Å². The van der Waals surface area contributed by atoms with E-state index in [2.05, 4.69) is 10.6 Å². The SMILES string of the molecule is O=C(Nc1ccccc1)c1ccc(C(=O)N[C@H]2CC[C@@H](C(=O)O)C2)cc1. The summed E-state index contributed by atoms with van der Waals surface area (Å²) in [5.74, 6) is -1.70. The Labute approximate surface area is 151 Å². The number of para-hydroxylation sites is 1. The summed E-state index contributed by atoms with van der Waals surface area (Å²) < 4.78 is 0. The minimum atomic E-state index is -0.810. The zero-order chi connectivity index (χ0) is 18.5. The minimum Gasteiger partial charge on any atom is -0.481 e. The zero-order valence-electron chi connectivity index (χ0n) is 14.1. The molecule has 1 aliphatic rings. The van der Waals surface area contributed by atoms with Crippen molar-refractivity contribution in [3.05, 3.63) is 65.7 Å². The van der Waals surface area contributed by atoms with Gasteiger partial charge in [-0.3, -0.25) is 14.4 Å². The number of anilines is 1. The van der Waals surface area contributed by atoms with Gasteiger partial charge in [-0.05, 0) is 55.7 Å². The van der Waals surface area contributed by atoms with Crippen LogP contribution in [-0.4, -0.2) is 28.9 Å². The van der Waals surface area contributed by atoms with Crippen LogP contribution in [0.4, 0.5) is 5.69 Å². The standard InChI is InChI=1S/C20H20N2O4/c23-18(21-16-4-2-1-3-5-16)13-6-8-14(9-7-13)19(24)22-17-11-10-15(12-17)20(25)26/h1-9,15,17H,10-12H2,(H,21,23)(H,22,24)(H,25,26)/t15-,17+/m1/s1. The fraction of sp³-hybridized carbons (Fsp3) is 0.250. The quantitative estimate of drug-likeness (QED) is 0.771. The van der Waals surface area contributed by atoms with Gasteiger partial charge in [0.05, 0.1) is 5.92 Å². The average molecular weight is 352 g/mol. The maximum absolute atomic E-state index is 12.3. The number of nitrogens with one attached hydrogen (secondary N) is 2. The highest BCUT2D eigenvalue weighted by Gasteiger charge is 2.30. The molecule has 26 heavy (non-hydrogen) atoms. The summed E-state index contributed by atoms with van der Waals surface area (Å²) in [5, 5.41) is 14.7. The third-order valence-electron chi connectivity index (χ3n) is 4.56. The van der Waals surface area contributed by atoms with E-state index in [4.69, 9.17) is 5.11 Å². The van der Waals surface area contributed by atoms with Crippen LogP contribution in [0.15, 0.2) is 54.6 Å². The molecule has 2 aromatic rings. The molecule has 0 unspecified atom stereocenters. The van der Waals surface area contributed by atoms with E-state index in [1.807, 2.05) is 18.2 Å². The van der Waals surface area contributed by atoms with Crippen LogP contribution >= 0.6 is 0 Å². The van der Waals surface area contributed by atoms with E-state index in [1.54, 1.807) is 36.4 Å². The summed E-state index contributed by atoms with van der Waals surface area (Å²) in [6.45, 7) is 0. The number of hydrogen-bond donors (Lipinski definition) is 3. The van der Waals surface area contributed by atoms with Gasteiger partial charge in [-0.1, -0.05) is 18.2 Å². The molecule has 0 radical (unpaired) electrons. The Balaban J connectivity index is 1.58. The van der Waals surface area contributed by atoms with Crippen LogP contribution in [0.25, 0.3) is 0 Å². The van der Waals surface area contributed by atoms with Gasteiger partial charge in [0.25, 0.3) is 11.8 Å². The monoisotopic (exact) mass is 352 g/mol. The third kappa shape index (κ3) is 4.27. The topological polar surface area (TPSA) is 95.5 Å². The molecule has 3 rings (SSSR count). The highest BCUT2D eigenvalue weighted by molar-refractivity contribution is 6.05. The molecule has 134 valence electrons. The smallest absolute Gasteiger partial charge is 0.306 e. The first-order valence-corrected chi connectivity index (χ1v) is 8.53. The number of hydrogen-bond acceptors (Lipinski definition) is 3. The number of aliphatic carboxylic acids is 1. The first kappa shape index (κ1) is 17.7. The minimum absolute atomic E-state index is 0.121. The molecule has 1 fully saturated rings. The van der Waals surface area contributed by atoms with Crippen LogP contribution in [0, 0.1) is 5.92 Å². The number of benzene rings is 2. The van der Waals surface area contributed by atoms with Crippen molar-refractivity contribution in [3.8, 4) is 0 Å². The summed E-state index contributed by atoms with van der Waals surface area (Å²) in [6, 6.07) is 15.4. The lowest BCUT2D eigenvalue weighted by Crippen LogP contribution is -2.33. The van der Waals surface area contributed by atoms with Gasteiger partial charge in [0.2, 0.25) is 0 Å². The van der Waals surface area contributed by atoms with Gasteiger partial charge in [-0.2, -0.15) is 0 Å². The van der Waals surface area contributed by atoms with Crippen LogP contribution in [0.1, 0.15) is 40.0 Å². The maximum atomic E-state index is 12.3. The lowest BCUT2D eigenvalue weighted by atomic mass is 10.1. The van der Waals surface area contributed by atoms with E-state index in [9.17, 15) is 14.4 Å². The molecule has 2 aromatic carbocycles. The molecule has 2 atom stereocenters. The Morgan fingerprint density at radius 1 is 0.846 bits per heavy atom. The lowest BCUT2D eigenvalue weighted by molar-refractivity contribution is -0.141. The number of carbonyl (C=O) groups is 3. The Hall–Kier alpha value is -3.15. The molecule has 0 spiro atoms. The highest BCUT2D eigenvalue weighted by atomic mass is 16.4.